The molecule has 15 heavy (non-hydrogen) atoms. The van der Waals surface area contributed by atoms with Gasteiger partial charge in [0.15, 0.2) is 0 Å². The van der Waals surface area contributed by atoms with Gasteiger partial charge in [0.1, 0.15) is 0 Å². The first-order valence-electron chi connectivity index (χ1n) is 5.58. The monoisotopic (exact) mass is 289 g/mol. The zero-order valence-electron chi connectivity index (χ0n) is 9.77. The van der Waals surface area contributed by atoms with Gasteiger partial charge in [-0.2, -0.15) is 0 Å². The van der Waals surface area contributed by atoms with E-state index in [2.05, 4.69) is 48.1 Å². The molecule has 0 amide bonds. The first-order chi connectivity index (χ1) is 7.09. The lowest BCUT2D eigenvalue weighted by atomic mass is 10.2. The van der Waals surface area contributed by atoms with Crippen LogP contribution in [0.1, 0.15) is 36.4 Å². The van der Waals surface area contributed by atoms with Crippen LogP contribution in [0.15, 0.2) is 10.5 Å². The van der Waals surface area contributed by atoms with Crippen LogP contribution < -0.4 is 5.32 Å². The standard InChI is InChI=1S/C12H20BrNS/c1-9(2)14-7-5-4-6-11-8-12(13)10(3)15-11/h8-9,14H,4-7H2,1-3H3. The second-order valence-electron chi connectivity index (χ2n) is 4.18. The summed E-state index contributed by atoms with van der Waals surface area (Å²) >= 11 is 5.47. The minimum atomic E-state index is 0.614. The van der Waals surface area contributed by atoms with Crippen molar-refractivity contribution in [2.24, 2.45) is 0 Å². The normalized spacial score (nSPS) is 11.3. The number of rotatable bonds is 6. The molecule has 0 saturated heterocycles. The Morgan fingerprint density at radius 1 is 1.40 bits per heavy atom. The average Bonchev–Trinajstić information content (AvgIpc) is 2.45. The van der Waals surface area contributed by atoms with Crippen LogP contribution in [0.25, 0.3) is 0 Å². The highest BCUT2D eigenvalue weighted by atomic mass is 79.9. The van der Waals surface area contributed by atoms with Crippen LogP contribution >= 0.6 is 27.3 Å². The van der Waals surface area contributed by atoms with Crippen LogP contribution in [0.5, 0.6) is 0 Å². The van der Waals surface area contributed by atoms with Crippen LogP contribution in [-0.4, -0.2) is 12.6 Å². The van der Waals surface area contributed by atoms with Gasteiger partial charge in [0, 0.05) is 20.3 Å². The van der Waals surface area contributed by atoms with Crippen molar-refractivity contribution in [1.82, 2.24) is 5.32 Å². The third kappa shape index (κ3) is 5.14. The van der Waals surface area contributed by atoms with Crippen molar-refractivity contribution >= 4 is 27.3 Å². The van der Waals surface area contributed by atoms with E-state index in [1.54, 1.807) is 0 Å². The molecule has 0 atom stereocenters. The van der Waals surface area contributed by atoms with Crippen molar-refractivity contribution in [2.45, 2.75) is 46.1 Å². The Morgan fingerprint density at radius 2 is 2.13 bits per heavy atom. The minimum Gasteiger partial charge on any atom is -0.315 e. The highest BCUT2D eigenvalue weighted by Gasteiger charge is 2.02. The Balaban J connectivity index is 2.15. The van der Waals surface area contributed by atoms with E-state index in [0.717, 1.165) is 6.54 Å². The van der Waals surface area contributed by atoms with Crippen LogP contribution in [0.4, 0.5) is 0 Å². The number of halogens is 1. The second kappa shape index (κ2) is 6.66. The Morgan fingerprint density at radius 3 is 2.67 bits per heavy atom. The number of unbranched alkanes of at least 4 members (excludes halogenated alkanes) is 1. The average molecular weight is 290 g/mol. The molecule has 0 aliphatic carbocycles. The van der Waals surface area contributed by atoms with Gasteiger partial charge < -0.3 is 5.32 Å². The Labute approximate surface area is 105 Å². The van der Waals surface area contributed by atoms with Crippen molar-refractivity contribution < 1.29 is 0 Å². The van der Waals surface area contributed by atoms with E-state index in [1.807, 2.05) is 11.3 Å². The van der Waals surface area contributed by atoms with Crippen molar-refractivity contribution in [3.05, 3.63) is 20.3 Å². The van der Waals surface area contributed by atoms with Gasteiger partial charge in [-0.05, 0) is 54.7 Å². The quantitative estimate of drug-likeness (QED) is 0.776. The first-order valence-corrected chi connectivity index (χ1v) is 7.18. The molecule has 0 aliphatic heterocycles. The molecule has 0 radical (unpaired) electrons. The fraction of sp³-hybridized carbons (Fsp3) is 0.667. The molecule has 86 valence electrons. The molecule has 0 aliphatic rings. The number of hydrogen-bond acceptors (Lipinski definition) is 2. The first kappa shape index (κ1) is 13.2. The third-order valence-electron chi connectivity index (χ3n) is 2.31. The SMILES string of the molecule is Cc1sc(CCCCNC(C)C)cc1Br. The molecular weight excluding hydrogens is 270 g/mol. The summed E-state index contributed by atoms with van der Waals surface area (Å²) < 4.78 is 1.27. The minimum absolute atomic E-state index is 0.614. The predicted molar refractivity (Wildman–Crippen MR) is 72.8 cm³/mol. The lowest BCUT2D eigenvalue weighted by molar-refractivity contribution is 0.558. The molecule has 0 fully saturated rings. The third-order valence-corrected chi connectivity index (χ3v) is 4.51. The summed E-state index contributed by atoms with van der Waals surface area (Å²) in [5.74, 6) is 0. The molecule has 1 aromatic heterocycles. The van der Waals surface area contributed by atoms with Gasteiger partial charge in [0.05, 0.1) is 0 Å². The maximum atomic E-state index is 3.56. The summed E-state index contributed by atoms with van der Waals surface area (Å²) in [6.45, 7) is 7.70. The van der Waals surface area contributed by atoms with Gasteiger partial charge in [-0.25, -0.2) is 0 Å². The summed E-state index contributed by atoms with van der Waals surface area (Å²) in [5, 5.41) is 3.44. The Hall–Kier alpha value is 0.140. The van der Waals surface area contributed by atoms with Crippen LogP contribution in [0, 0.1) is 6.92 Å². The fourth-order valence-corrected chi connectivity index (χ4v) is 3.10. The second-order valence-corrected chi connectivity index (χ2v) is 6.38. The molecule has 3 heteroatoms. The smallest absolute Gasteiger partial charge is 0.0314 e. The number of nitrogens with one attached hydrogen (secondary N) is 1. The summed E-state index contributed by atoms with van der Waals surface area (Å²) in [7, 11) is 0. The van der Waals surface area contributed by atoms with Gasteiger partial charge in [-0.3, -0.25) is 0 Å². The van der Waals surface area contributed by atoms with Gasteiger partial charge in [-0.15, -0.1) is 11.3 Å². The largest absolute Gasteiger partial charge is 0.315 e. The maximum Gasteiger partial charge on any atom is 0.0314 e. The van der Waals surface area contributed by atoms with E-state index in [4.69, 9.17) is 0 Å². The molecule has 1 rings (SSSR count). The predicted octanol–water partition coefficient (Wildman–Crippen LogP) is 4.14. The lowest BCUT2D eigenvalue weighted by Gasteiger charge is -2.06. The molecule has 0 unspecified atom stereocenters. The molecule has 1 heterocycles. The van der Waals surface area contributed by atoms with Crippen molar-refractivity contribution in [1.29, 1.82) is 0 Å². The zero-order chi connectivity index (χ0) is 11.3. The fourth-order valence-electron chi connectivity index (χ4n) is 1.46. The van der Waals surface area contributed by atoms with Crippen molar-refractivity contribution in [3.8, 4) is 0 Å². The summed E-state index contributed by atoms with van der Waals surface area (Å²) in [5.41, 5.74) is 0. The summed E-state index contributed by atoms with van der Waals surface area (Å²) in [6.07, 6.45) is 3.77. The zero-order valence-corrected chi connectivity index (χ0v) is 12.2. The molecule has 1 N–H and O–H groups in total. The number of aryl methyl sites for hydroxylation is 2. The van der Waals surface area contributed by atoms with Crippen molar-refractivity contribution in [2.75, 3.05) is 6.54 Å². The van der Waals surface area contributed by atoms with Gasteiger partial charge >= 0.3 is 0 Å². The van der Waals surface area contributed by atoms with Gasteiger partial charge in [0.2, 0.25) is 0 Å². The van der Waals surface area contributed by atoms with E-state index in [9.17, 15) is 0 Å². The molecule has 1 aromatic rings. The van der Waals surface area contributed by atoms with Gasteiger partial charge in [-0.1, -0.05) is 13.8 Å². The Kier molecular flexibility index (Phi) is 5.87. The summed E-state index contributed by atoms with van der Waals surface area (Å²) in [6, 6.07) is 2.87. The molecular formula is C12H20BrNS. The van der Waals surface area contributed by atoms with Gasteiger partial charge in [0.25, 0.3) is 0 Å². The van der Waals surface area contributed by atoms with E-state index < -0.39 is 0 Å². The van der Waals surface area contributed by atoms with E-state index in [0.29, 0.717) is 6.04 Å². The molecule has 0 bridgehead atoms. The molecule has 0 aromatic carbocycles. The van der Waals surface area contributed by atoms with E-state index in [-0.39, 0.29) is 0 Å². The maximum absolute atomic E-state index is 3.56. The van der Waals surface area contributed by atoms with Crippen LogP contribution in [0.2, 0.25) is 0 Å². The Bertz CT molecular complexity index is 274. The number of thiophene rings is 1. The summed E-state index contributed by atoms with van der Waals surface area (Å²) in [4.78, 5) is 2.90. The molecule has 0 saturated carbocycles. The van der Waals surface area contributed by atoms with Crippen LogP contribution in [0.3, 0.4) is 0 Å². The van der Waals surface area contributed by atoms with E-state index in [1.165, 1.54) is 33.5 Å². The highest BCUT2D eigenvalue weighted by molar-refractivity contribution is 9.10. The highest BCUT2D eigenvalue weighted by Crippen LogP contribution is 2.27. The topological polar surface area (TPSA) is 12.0 Å². The van der Waals surface area contributed by atoms with E-state index >= 15 is 0 Å². The van der Waals surface area contributed by atoms with Crippen molar-refractivity contribution in [3.63, 3.8) is 0 Å². The molecule has 0 spiro atoms. The van der Waals surface area contributed by atoms with Crippen LogP contribution in [-0.2, 0) is 6.42 Å². The molecule has 1 nitrogen and oxygen atoms in total. The number of hydrogen-bond donors (Lipinski definition) is 1. The lowest BCUT2D eigenvalue weighted by Crippen LogP contribution is -2.23.